The monoisotopic (exact) mass is 296 g/mol. The van der Waals surface area contributed by atoms with Crippen LogP contribution in [0.15, 0.2) is 24.3 Å². The van der Waals surface area contributed by atoms with Gasteiger partial charge in [-0.3, -0.25) is 0 Å². The molecule has 0 saturated heterocycles. The molecule has 5 nitrogen and oxygen atoms in total. The van der Waals surface area contributed by atoms with Crippen LogP contribution in [0.1, 0.15) is 6.42 Å². The first kappa shape index (κ1) is 12.4. The first-order valence-electron chi connectivity index (χ1n) is 5.81. The Morgan fingerprint density at radius 3 is 2.89 bits per heavy atom. The normalized spacial score (nSPS) is 14.5. The van der Waals surface area contributed by atoms with Crippen molar-refractivity contribution in [2.45, 2.75) is 6.42 Å². The van der Waals surface area contributed by atoms with Crippen LogP contribution < -0.4 is 9.64 Å². The quantitative estimate of drug-likeness (QED) is 0.809. The van der Waals surface area contributed by atoms with Gasteiger partial charge in [0.15, 0.2) is 11.0 Å². The van der Waals surface area contributed by atoms with E-state index in [1.165, 1.54) is 0 Å². The highest BCUT2D eigenvalue weighted by Crippen LogP contribution is 2.37. The zero-order chi connectivity index (χ0) is 13.2. The van der Waals surface area contributed by atoms with E-state index in [9.17, 15) is 0 Å². The van der Waals surface area contributed by atoms with Gasteiger partial charge in [0.25, 0.3) is 0 Å². The molecule has 7 heteroatoms. The molecule has 2 aromatic rings. The maximum absolute atomic E-state index is 6.07. The topological polar surface area (TPSA) is 51.1 Å². The lowest BCUT2D eigenvalue weighted by Crippen LogP contribution is -2.20. The van der Waals surface area contributed by atoms with Crippen molar-refractivity contribution >= 4 is 34.7 Å². The molecule has 1 aromatic carbocycles. The number of ether oxygens (including phenoxy) is 1. The largest absolute Gasteiger partial charge is 0.491 e. The molecule has 0 bridgehead atoms. The summed E-state index contributed by atoms with van der Waals surface area (Å²) in [5.74, 6) is 1.30. The van der Waals surface area contributed by atoms with Crippen LogP contribution in [-0.2, 0) is 0 Å². The Hall–Kier alpha value is -1.59. The van der Waals surface area contributed by atoms with Crippen molar-refractivity contribution in [1.29, 1.82) is 0 Å². The molecule has 1 aliphatic rings. The van der Waals surface area contributed by atoms with Gasteiger partial charge < -0.3 is 9.64 Å². The van der Waals surface area contributed by atoms with Gasteiger partial charge >= 0.3 is 0 Å². The third-order valence-corrected chi connectivity index (χ3v) is 3.20. The molecular weight excluding hydrogens is 287 g/mol. The number of hydrogen-bond donors (Lipinski definition) is 0. The van der Waals surface area contributed by atoms with Gasteiger partial charge in [0, 0.05) is 6.54 Å². The van der Waals surface area contributed by atoms with Crippen LogP contribution in [0.25, 0.3) is 0 Å². The molecule has 3 rings (SSSR count). The van der Waals surface area contributed by atoms with E-state index in [0.717, 1.165) is 24.4 Å². The van der Waals surface area contributed by atoms with Crippen molar-refractivity contribution in [3.63, 3.8) is 0 Å². The van der Waals surface area contributed by atoms with E-state index < -0.39 is 0 Å². The molecule has 0 aliphatic carbocycles. The number of para-hydroxylation sites is 2. The first-order chi connectivity index (χ1) is 9.25. The highest BCUT2D eigenvalue weighted by Gasteiger charge is 2.21. The fourth-order valence-corrected chi connectivity index (χ4v) is 2.30. The zero-order valence-corrected chi connectivity index (χ0v) is 11.4. The number of fused-ring (bicyclic) bond motifs is 1. The van der Waals surface area contributed by atoms with E-state index >= 15 is 0 Å². The fraction of sp³-hybridized carbons (Fsp3) is 0.250. The minimum Gasteiger partial charge on any atom is -0.491 e. The molecule has 19 heavy (non-hydrogen) atoms. The van der Waals surface area contributed by atoms with Crippen LogP contribution in [-0.4, -0.2) is 28.3 Å². The maximum Gasteiger partial charge on any atom is 0.245 e. The lowest BCUT2D eigenvalue weighted by Gasteiger charge is -2.22. The molecule has 1 aromatic heterocycles. The lowest BCUT2D eigenvalue weighted by molar-refractivity contribution is 0.322. The zero-order valence-electron chi connectivity index (χ0n) is 9.88. The molecule has 2 heterocycles. The van der Waals surface area contributed by atoms with E-state index in [0.29, 0.717) is 12.4 Å². The molecular formula is C12H10Cl2N4O. The third-order valence-electron chi connectivity index (χ3n) is 2.80. The van der Waals surface area contributed by atoms with Crippen LogP contribution in [0, 0.1) is 0 Å². The van der Waals surface area contributed by atoms with E-state index in [4.69, 9.17) is 27.9 Å². The SMILES string of the molecule is Clc1nnc(Cl)c(N2CCCOc3ccccc32)n1. The Morgan fingerprint density at radius 1 is 1.16 bits per heavy atom. The van der Waals surface area contributed by atoms with Crippen molar-refractivity contribution < 1.29 is 4.74 Å². The van der Waals surface area contributed by atoms with Crippen LogP contribution in [0.3, 0.4) is 0 Å². The summed E-state index contributed by atoms with van der Waals surface area (Å²) in [4.78, 5) is 6.12. The Labute approximate surface area is 120 Å². The predicted octanol–water partition coefficient (Wildman–Crippen LogP) is 3.10. The summed E-state index contributed by atoms with van der Waals surface area (Å²) in [6.07, 6.45) is 0.854. The highest BCUT2D eigenvalue weighted by molar-refractivity contribution is 6.32. The third kappa shape index (κ3) is 2.43. The summed E-state index contributed by atoms with van der Waals surface area (Å²) in [5.41, 5.74) is 0.901. The molecule has 0 unspecified atom stereocenters. The van der Waals surface area contributed by atoms with Gasteiger partial charge in [-0.05, 0) is 30.2 Å². The second-order valence-corrected chi connectivity index (χ2v) is 4.71. The highest BCUT2D eigenvalue weighted by atomic mass is 35.5. The predicted molar refractivity (Wildman–Crippen MR) is 73.4 cm³/mol. The summed E-state index contributed by atoms with van der Waals surface area (Å²) in [6.45, 7) is 1.38. The van der Waals surface area contributed by atoms with Crippen molar-refractivity contribution in [2.24, 2.45) is 0 Å². The van der Waals surface area contributed by atoms with Gasteiger partial charge in [0.1, 0.15) is 5.75 Å². The van der Waals surface area contributed by atoms with Gasteiger partial charge in [-0.25, -0.2) is 0 Å². The molecule has 0 spiro atoms. The molecule has 0 saturated carbocycles. The van der Waals surface area contributed by atoms with Crippen molar-refractivity contribution in [2.75, 3.05) is 18.1 Å². The summed E-state index contributed by atoms with van der Waals surface area (Å²) < 4.78 is 5.69. The minimum absolute atomic E-state index is 0.0713. The Bertz CT molecular complexity index is 608. The maximum atomic E-state index is 6.07. The van der Waals surface area contributed by atoms with Crippen LogP contribution in [0.2, 0.25) is 10.4 Å². The first-order valence-corrected chi connectivity index (χ1v) is 6.56. The summed E-state index contributed by atoms with van der Waals surface area (Å²) >= 11 is 11.9. The summed E-state index contributed by atoms with van der Waals surface area (Å²) in [5, 5.41) is 7.72. The molecule has 0 amide bonds. The van der Waals surface area contributed by atoms with E-state index in [-0.39, 0.29) is 10.4 Å². The van der Waals surface area contributed by atoms with Crippen molar-refractivity contribution in [3.05, 3.63) is 34.7 Å². The second kappa shape index (κ2) is 5.19. The second-order valence-electron chi connectivity index (χ2n) is 4.02. The number of rotatable bonds is 1. The molecule has 0 N–H and O–H groups in total. The van der Waals surface area contributed by atoms with Gasteiger partial charge in [0.05, 0.1) is 12.3 Å². The Balaban J connectivity index is 2.11. The van der Waals surface area contributed by atoms with Crippen LogP contribution >= 0.6 is 23.2 Å². The van der Waals surface area contributed by atoms with Gasteiger partial charge in [0.2, 0.25) is 5.28 Å². The number of hydrogen-bond acceptors (Lipinski definition) is 5. The summed E-state index contributed by atoms with van der Waals surface area (Å²) in [7, 11) is 0. The minimum atomic E-state index is 0.0713. The number of aromatic nitrogens is 3. The number of nitrogens with zero attached hydrogens (tertiary/aromatic N) is 4. The number of anilines is 2. The average Bonchev–Trinajstić information content (AvgIpc) is 2.64. The standard InChI is InChI=1S/C12H10Cl2N4O/c13-10-11(15-12(14)17-16-10)18-6-3-7-19-9-5-2-1-4-8(9)18/h1-2,4-5H,3,6-7H2. The van der Waals surface area contributed by atoms with Crippen molar-refractivity contribution in [3.8, 4) is 5.75 Å². The molecule has 0 radical (unpaired) electrons. The van der Waals surface area contributed by atoms with Gasteiger partial charge in [-0.15, -0.1) is 10.2 Å². The van der Waals surface area contributed by atoms with Crippen LogP contribution in [0.5, 0.6) is 5.75 Å². The average molecular weight is 297 g/mol. The Morgan fingerprint density at radius 2 is 2.00 bits per heavy atom. The van der Waals surface area contributed by atoms with Gasteiger partial charge in [-0.2, -0.15) is 4.98 Å². The van der Waals surface area contributed by atoms with E-state index in [1.54, 1.807) is 0 Å². The smallest absolute Gasteiger partial charge is 0.245 e. The van der Waals surface area contributed by atoms with E-state index in [1.807, 2.05) is 29.2 Å². The fourth-order valence-electron chi connectivity index (χ4n) is 2.00. The van der Waals surface area contributed by atoms with E-state index in [2.05, 4.69) is 15.2 Å². The molecule has 0 atom stereocenters. The lowest BCUT2D eigenvalue weighted by atomic mass is 10.2. The molecule has 0 fully saturated rings. The van der Waals surface area contributed by atoms with Gasteiger partial charge in [-0.1, -0.05) is 23.7 Å². The van der Waals surface area contributed by atoms with Crippen molar-refractivity contribution in [1.82, 2.24) is 15.2 Å². The molecule has 98 valence electrons. The van der Waals surface area contributed by atoms with Crippen LogP contribution in [0.4, 0.5) is 11.5 Å². The number of benzene rings is 1. The Kier molecular flexibility index (Phi) is 3.40. The molecule has 1 aliphatic heterocycles. The number of halogens is 2. The summed E-state index contributed by atoms with van der Waals surface area (Å²) in [6, 6.07) is 7.73.